The van der Waals surface area contributed by atoms with Gasteiger partial charge in [-0.25, -0.2) is 4.79 Å². The number of hydrogen-bond acceptors (Lipinski definition) is 4. The summed E-state index contributed by atoms with van der Waals surface area (Å²) in [4.78, 5) is 23.4. The Morgan fingerprint density at radius 3 is 2.24 bits per heavy atom. The van der Waals surface area contributed by atoms with Gasteiger partial charge in [-0.2, -0.15) is 0 Å². The number of carbonyl (C=O) groups is 2. The molecule has 3 rings (SSSR count). The van der Waals surface area contributed by atoms with Crippen LogP contribution in [0.2, 0.25) is 0 Å². The molecule has 0 saturated heterocycles. The van der Waals surface area contributed by atoms with Gasteiger partial charge in [0.05, 0.1) is 11.3 Å². The van der Waals surface area contributed by atoms with Crippen molar-refractivity contribution in [3.8, 4) is 11.5 Å². The molecule has 3 aromatic rings. The number of carbonyl (C=O) groups excluding carboxylic acids is 1. The van der Waals surface area contributed by atoms with E-state index in [-0.39, 0.29) is 24.7 Å². The molecule has 148 valence electrons. The lowest BCUT2D eigenvalue weighted by atomic mass is 10.1. The summed E-state index contributed by atoms with van der Waals surface area (Å²) in [6.45, 7) is 2.42. The van der Waals surface area contributed by atoms with Gasteiger partial charge in [-0.1, -0.05) is 30.3 Å². The number of carboxylic acid groups (broad SMARTS) is 1. The molecule has 0 spiro atoms. The number of amides is 1. The first-order chi connectivity index (χ1) is 14.0. The lowest BCUT2D eigenvalue weighted by Crippen LogP contribution is -2.15. The predicted molar refractivity (Wildman–Crippen MR) is 110 cm³/mol. The van der Waals surface area contributed by atoms with Crippen LogP contribution in [0.25, 0.3) is 0 Å². The summed E-state index contributed by atoms with van der Waals surface area (Å²) in [5, 5.41) is 11.8. The maximum absolute atomic E-state index is 12.5. The van der Waals surface area contributed by atoms with Crippen molar-refractivity contribution in [1.82, 2.24) is 0 Å². The third-order valence-corrected chi connectivity index (χ3v) is 4.24. The van der Waals surface area contributed by atoms with Crippen LogP contribution in [0.4, 0.5) is 5.69 Å². The van der Waals surface area contributed by atoms with Crippen molar-refractivity contribution in [2.75, 3.05) is 18.5 Å². The van der Waals surface area contributed by atoms with Gasteiger partial charge in [0.15, 0.2) is 0 Å². The Kier molecular flexibility index (Phi) is 6.47. The quantitative estimate of drug-likeness (QED) is 0.556. The molecule has 2 N–H and O–H groups in total. The Balaban J connectivity index is 1.56. The van der Waals surface area contributed by atoms with Crippen LogP contribution >= 0.6 is 0 Å². The largest absolute Gasteiger partial charge is 0.490 e. The lowest BCUT2D eigenvalue weighted by molar-refractivity contribution is 0.0696. The van der Waals surface area contributed by atoms with E-state index in [4.69, 9.17) is 14.6 Å². The van der Waals surface area contributed by atoms with Crippen LogP contribution in [-0.2, 0) is 0 Å². The second kappa shape index (κ2) is 9.41. The van der Waals surface area contributed by atoms with E-state index in [0.717, 1.165) is 5.56 Å². The number of anilines is 1. The highest BCUT2D eigenvalue weighted by Gasteiger charge is 2.11. The van der Waals surface area contributed by atoms with Crippen LogP contribution in [0, 0.1) is 6.92 Å². The van der Waals surface area contributed by atoms with Gasteiger partial charge in [0, 0.05) is 5.56 Å². The Bertz CT molecular complexity index is 998. The van der Waals surface area contributed by atoms with Gasteiger partial charge in [0.1, 0.15) is 24.7 Å². The van der Waals surface area contributed by atoms with Crippen LogP contribution < -0.4 is 14.8 Å². The van der Waals surface area contributed by atoms with E-state index < -0.39 is 5.97 Å². The number of rotatable bonds is 8. The first-order valence-electron chi connectivity index (χ1n) is 9.09. The van der Waals surface area contributed by atoms with E-state index in [1.165, 1.54) is 12.1 Å². The molecular formula is C23H21NO5. The molecule has 29 heavy (non-hydrogen) atoms. The fourth-order valence-corrected chi connectivity index (χ4v) is 2.72. The summed E-state index contributed by atoms with van der Waals surface area (Å²) >= 11 is 0. The minimum absolute atomic E-state index is 0.200. The fourth-order valence-electron chi connectivity index (χ4n) is 2.72. The zero-order chi connectivity index (χ0) is 20.6. The molecule has 0 aliphatic carbocycles. The van der Waals surface area contributed by atoms with Crippen LogP contribution in [0.15, 0.2) is 72.8 Å². The second-order valence-electron chi connectivity index (χ2n) is 6.29. The first-order valence-corrected chi connectivity index (χ1v) is 9.09. The third kappa shape index (κ3) is 5.35. The summed E-state index contributed by atoms with van der Waals surface area (Å²) in [6.07, 6.45) is 0. The minimum Gasteiger partial charge on any atom is -0.490 e. The highest BCUT2D eigenvalue weighted by atomic mass is 16.5. The van der Waals surface area contributed by atoms with Gasteiger partial charge in [-0.3, -0.25) is 4.79 Å². The minimum atomic E-state index is -0.982. The van der Waals surface area contributed by atoms with Gasteiger partial charge in [0.2, 0.25) is 0 Å². The van der Waals surface area contributed by atoms with Crippen molar-refractivity contribution in [3.63, 3.8) is 0 Å². The number of aryl methyl sites for hydroxylation is 1. The summed E-state index contributed by atoms with van der Waals surface area (Å²) < 4.78 is 11.3. The van der Waals surface area contributed by atoms with Gasteiger partial charge >= 0.3 is 5.97 Å². The molecule has 0 saturated carbocycles. The first kappa shape index (κ1) is 19.9. The number of hydrogen-bond donors (Lipinski definition) is 2. The summed E-state index contributed by atoms with van der Waals surface area (Å²) in [6, 6.07) is 20.7. The highest BCUT2D eigenvalue weighted by molar-refractivity contribution is 6.05. The second-order valence-corrected chi connectivity index (χ2v) is 6.29. The van der Waals surface area contributed by atoms with Crippen molar-refractivity contribution < 1.29 is 24.2 Å². The van der Waals surface area contributed by atoms with E-state index in [0.29, 0.717) is 22.7 Å². The van der Waals surface area contributed by atoms with Gasteiger partial charge in [0.25, 0.3) is 5.91 Å². The van der Waals surface area contributed by atoms with E-state index >= 15 is 0 Å². The van der Waals surface area contributed by atoms with Gasteiger partial charge in [-0.15, -0.1) is 0 Å². The summed E-state index contributed by atoms with van der Waals surface area (Å²) in [5.74, 6) is -0.0860. The van der Waals surface area contributed by atoms with Crippen molar-refractivity contribution in [1.29, 1.82) is 0 Å². The third-order valence-electron chi connectivity index (χ3n) is 4.24. The highest BCUT2D eigenvalue weighted by Crippen LogP contribution is 2.25. The fraction of sp³-hybridized carbons (Fsp3) is 0.130. The average molecular weight is 391 g/mol. The summed E-state index contributed by atoms with van der Waals surface area (Å²) in [5.41, 5.74) is 2.28. The van der Waals surface area contributed by atoms with Crippen LogP contribution in [0.5, 0.6) is 11.5 Å². The standard InChI is InChI=1S/C23H21NO5/c1-16-6-2-3-7-19(16)22(25)24-20-8-4-5-9-21(20)29-15-14-28-18-12-10-17(11-13-18)23(26)27/h2-13H,14-15H2,1H3,(H,24,25)(H,26,27). The maximum Gasteiger partial charge on any atom is 0.335 e. The zero-order valence-electron chi connectivity index (χ0n) is 15.9. The molecule has 0 aliphatic heterocycles. The molecule has 1 amide bonds. The normalized spacial score (nSPS) is 10.2. The number of carboxylic acids is 1. The van der Waals surface area contributed by atoms with Crippen molar-refractivity contribution in [2.45, 2.75) is 6.92 Å². The molecule has 0 aliphatic rings. The predicted octanol–water partition coefficient (Wildman–Crippen LogP) is 4.40. The Morgan fingerprint density at radius 2 is 1.52 bits per heavy atom. The number of aromatic carboxylic acids is 1. The van der Waals surface area contributed by atoms with Gasteiger partial charge in [-0.05, 0) is 55.0 Å². The monoisotopic (exact) mass is 391 g/mol. The number of para-hydroxylation sites is 2. The topological polar surface area (TPSA) is 84.9 Å². The number of nitrogens with one attached hydrogen (secondary N) is 1. The Labute approximate surface area is 168 Å². The average Bonchev–Trinajstić information content (AvgIpc) is 2.73. The van der Waals surface area contributed by atoms with Crippen LogP contribution in [0.1, 0.15) is 26.3 Å². The number of ether oxygens (including phenoxy) is 2. The summed E-state index contributed by atoms with van der Waals surface area (Å²) in [7, 11) is 0. The van der Waals surface area contributed by atoms with Crippen LogP contribution in [0.3, 0.4) is 0 Å². The SMILES string of the molecule is Cc1ccccc1C(=O)Nc1ccccc1OCCOc1ccc(C(=O)O)cc1. The molecule has 0 bridgehead atoms. The molecule has 3 aromatic carbocycles. The van der Waals surface area contributed by atoms with E-state index in [1.807, 2.05) is 37.3 Å². The van der Waals surface area contributed by atoms with E-state index in [1.54, 1.807) is 30.3 Å². The Morgan fingerprint density at radius 1 is 0.862 bits per heavy atom. The zero-order valence-corrected chi connectivity index (χ0v) is 15.9. The molecule has 0 atom stereocenters. The molecule has 6 heteroatoms. The lowest BCUT2D eigenvalue weighted by Gasteiger charge is -2.13. The van der Waals surface area contributed by atoms with Crippen molar-refractivity contribution in [3.05, 3.63) is 89.5 Å². The van der Waals surface area contributed by atoms with Gasteiger partial charge < -0.3 is 19.9 Å². The smallest absolute Gasteiger partial charge is 0.335 e. The van der Waals surface area contributed by atoms with Crippen molar-refractivity contribution in [2.24, 2.45) is 0 Å². The van der Waals surface area contributed by atoms with Crippen LogP contribution in [-0.4, -0.2) is 30.2 Å². The van der Waals surface area contributed by atoms with E-state index in [9.17, 15) is 9.59 Å². The molecule has 0 heterocycles. The number of benzene rings is 3. The maximum atomic E-state index is 12.5. The molecule has 0 unspecified atom stereocenters. The molecule has 0 radical (unpaired) electrons. The Hall–Kier alpha value is -3.80. The molecule has 0 fully saturated rings. The molecule has 6 nitrogen and oxygen atoms in total. The van der Waals surface area contributed by atoms with Crippen molar-refractivity contribution >= 4 is 17.6 Å². The van der Waals surface area contributed by atoms with E-state index in [2.05, 4.69) is 5.32 Å². The molecule has 0 aromatic heterocycles. The molecular weight excluding hydrogens is 370 g/mol.